The Morgan fingerprint density at radius 1 is 1.26 bits per heavy atom. The highest BCUT2D eigenvalue weighted by molar-refractivity contribution is 5.85. The molecule has 0 radical (unpaired) electrons. The molecule has 1 aromatic rings. The van der Waals surface area contributed by atoms with Crippen molar-refractivity contribution in [2.24, 2.45) is 5.92 Å². The summed E-state index contributed by atoms with van der Waals surface area (Å²) < 4.78 is 0. The zero-order valence-electron chi connectivity index (χ0n) is 16.3. The standard InChI is InChI=1S/C20H32N4O.2ClH/c1-23(20(25)6-5-17-7-12-21-16-17)19-9-14-24(15-10-19)13-8-18-4-2-3-11-22-18;;/h2-4,11,17,19,21H,5-10,12-16H2,1H3;2*1H. The van der Waals surface area contributed by atoms with Crippen LogP contribution in [0.15, 0.2) is 24.4 Å². The fourth-order valence-electron chi connectivity index (χ4n) is 4.02. The second-order valence-electron chi connectivity index (χ2n) is 7.55. The van der Waals surface area contributed by atoms with Crippen molar-refractivity contribution in [3.63, 3.8) is 0 Å². The van der Waals surface area contributed by atoms with Crippen LogP contribution in [0.5, 0.6) is 0 Å². The van der Waals surface area contributed by atoms with E-state index in [1.165, 1.54) is 12.1 Å². The van der Waals surface area contributed by atoms with Gasteiger partial charge in [0, 0.05) is 57.5 Å². The Balaban J connectivity index is 0.00000182. The zero-order valence-corrected chi connectivity index (χ0v) is 17.9. The van der Waals surface area contributed by atoms with E-state index in [-0.39, 0.29) is 24.8 Å². The largest absolute Gasteiger partial charge is 0.343 e. The number of likely N-dealkylation sites (tertiary alicyclic amines) is 1. The Morgan fingerprint density at radius 2 is 2.04 bits per heavy atom. The van der Waals surface area contributed by atoms with Crippen LogP contribution in [0.4, 0.5) is 0 Å². The molecule has 0 spiro atoms. The first-order valence-electron chi connectivity index (χ1n) is 9.81. The summed E-state index contributed by atoms with van der Waals surface area (Å²) in [6.07, 6.45) is 8.04. The molecule has 3 heterocycles. The van der Waals surface area contributed by atoms with Crippen molar-refractivity contribution in [1.82, 2.24) is 20.1 Å². The minimum absolute atomic E-state index is 0. The van der Waals surface area contributed by atoms with Crippen LogP contribution in [0.2, 0.25) is 0 Å². The number of nitrogens with one attached hydrogen (secondary N) is 1. The second kappa shape index (κ2) is 12.6. The minimum atomic E-state index is 0. The van der Waals surface area contributed by atoms with Crippen molar-refractivity contribution in [3.8, 4) is 0 Å². The smallest absolute Gasteiger partial charge is 0.222 e. The average molecular weight is 417 g/mol. The van der Waals surface area contributed by atoms with E-state index in [0.29, 0.717) is 24.3 Å². The van der Waals surface area contributed by atoms with Gasteiger partial charge in [0.2, 0.25) is 5.91 Å². The van der Waals surface area contributed by atoms with E-state index < -0.39 is 0 Å². The first-order chi connectivity index (χ1) is 12.2. The lowest BCUT2D eigenvalue weighted by molar-refractivity contribution is -0.133. The van der Waals surface area contributed by atoms with Crippen molar-refractivity contribution in [2.45, 2.75) is 44.6 Å². The summed E-state index contributed by atoms with van der Waals surface area (Å²) in [5.41, 5.74) is 1.17. The van der Waals surface area contributed by atoms with E-state index in [1.807, 2.05) is 24.2 Å². The fourth-order valence-corrected chi connectivity index (χ4v) is 4.02. The molecule has 0 saturated carbocycles. The average Bonchev–Trinajstić information content (AvgIpc) is 3.19. The molecule has 0 aromatic carbocycles. The van der Waals surface area contributed by atoms with Crippen molar-refractivity contribution in [3.05, 3.63) is 30.1 Å². The van der Waals surface area contributed by atoms with Gasteiger partial charge in [-0.1, -0.05) is 6.07 Å². The van der Waals surface area contributed by atoms with E-state index in [0.717, 1.165) is 58.4 Å². The molecule has 154 valence electrons. The highest BCUT2D eigenvalue weighted by atomic mass is 35.5. The maximum Gasteiger partial charge on any atom is 0.222 e. The number of rotatable bonds is 7. The van der Waals surface area contributed by atoms with E-state index >= 15 is 0 Å². The van der Waals surface area contributed by atoms with Gasteiger partial charge in [-0.2, -0.15) is 0 Å². The summed E-state index contributed by atoms with van der Waals surface area (Å²) in [6.45, 7) is 5.44. The summed E-state index contributed by atoms with van der Waals surface area (Å²) in [7, 11) is 2.00. The lowest BCUT2D eigenvalue weighted by Crippen LogP contribution is -2.46. The van der Waals surface area contributed by atoms with Crippen LogP contribution >= 0.6 is 24.8 Å². The normalized spacial score (nSPS) is 20.6. The molecule has 0 bridgehead atoms. The topological polar surface area (TPSA) is 48.5 Å². The molecule has 1 unspecified atom stereocenters. The van der Waals surface area contributed by atoms with E-state index in [2.05, 4.69) is 27.3 Å². The van der Waals surface area contributed by atoms with Gasteiger partial charge < -0.3 is 15.1 Å². The predicted octanol–water partition coefficient (Wildman–Crippen LogP) is 2.78. The Morgan fingerprint density at radius 3 is 2.67 bits per heavy atom. The van der Waals surface area contributed by atoms with Crippen LogP contribution in [-0.2, 0) is 11.2 Å². The predicted molar refractivity (Wildman–Crippen MR) is 115 cm³/mol. The number of hydrogen-bond donors (Lipinski definition) is 1. The molecule has 0 aliphatic carbocycles. The molecule has 1 amide bonds. The molecule has 2 saturated heterocycles. The van der Waals surface area contributed by atoms with E-state index in [9.17, 15) is 4.79 Å². The highest BCUT2D eigenvalue weighted by Gasteiger charge is 2.26. The van der Waals surface area contributed by atoms with E-state index in [4.69, 9.17) is 0 Å². The summed E-state index contributed by atoms with van der Waals surface area (Å²) in [4.78, 5) is 21.4. The molecule has 27 heavy (non-hydrogen) atoms. The lowest BCUT2D eigenvalue weighted by Gasteiger charge is -2.37. The van der Waals surface area contributed by atoms with Crippen molar-refractivity contribution in [1.29, 1.82) is 0 Å². The maximum absolute atomic E-state index is 12.5. The first kappa shape index (κ1) is 24.2. The summed E-state index contributed by atoms with van der Waals surface area (Å²) >= 11 is 0. The second-order valence-corrected chi connectivity index (χ2v) is 7.55. The number of carbonyl (C=O) groups is 1. The molecule has 2 aliphatic heterocycles. The number of halogens is 2. The van der Waals surface area contributed by atoms with Gasteiger partial charge in [0.15, 0.2) is 0 Å². The number of piperidine rings is 1. The molecule has 2 fully saturated rings. The van der Waals surface area contributed by atoms with Gasteiger partial charge in [-0.05, 0) is 56.8 Å². The number of pyridine rings is 1. The molecule has 2 aliphatic rings. The van der Waals surface area contributed by atoms with Gasteiger partial charge >= 0.3 is 0 Å². The number of aromatic nitrogens is 1. The summed E-state index contributed by atoms with van der Waals surface area (Å²) in [5.74, 6) is 1.03. The van der Waals surface area contributed by atoms with Crippen LogP contribution in [0.3, 0.4) is 0 Å². The van der Waals surface area contributed by atoms with Crippen LogP contribution in [0.25, 0.3) is 0 Å². The van der Waals surface area contributed by atoms with Crippen molar-refractivity contribution < 1.29 is 4.79 Å². The Bertz CT molecular complexity index is 532. The van der Waals surface area contributed by atoms with Crippen LogP contribution in [0, 0.1) is 5.92 Å². The summed E-state index contributed by atoms with van der Waals surface area (Å²) in [5, 5.41) is 3.38. The molecular formula is C20H34Cl2N4O. The summed E-state index contributed by atoms with van der Waals surface area (Å²) in [6, 6.07) is 6.53. The quantitative estimate of drug-likeness (QED) is 0.741. The fraction of sp³-hybridized carbons (Fsp3) is 0.700. The lowest BCUT2D eigenvalue weighted by atomic mass is 10.00. The third-order valence-corrected chi connectivity index (χ3v) is 5.84. The Hall–Kier alpha value is -0.880. The number of nitrogens with zero attached hydrogens (tertiary/aromatic N) is 3. The molecule has 3 rings (SSSR count). The third-order valence-electron chi connectivity index (χ3n) is 5.84. The van der Waals surface area contributed by atoms with Gasteiger partial charge in [0.05, 0.1) is 0 Å². The number of hydrogen-bond acceptors (Lipinski definition) is 4. The van der Waals surface area contributed by atoms with Gasteiger partial charge in [-0.25, -0.2) is 0 Å². The molecular weight excluding hydrogens is 383 g/mol. The van der Waals surface area contributed by atoms with Crippen LogP contribution in [0.1, 0.15) is 37.8 Å². The number of carbonyl (C=O) groups excluding carboxylic acids is 1. The van der Waals surface area contributed by atoms with E-state index in [1.54, 1.807) is 0 Å². The molecule has 5 nitrogen and oxygen atoms in total. The minimum Gasteiger partial charge on any atom is -0.343 e. The van der Waals surface area contributed by atoms with Crippen LogP contribution < -0.4 is 5.32 Å². The van der Waals surface area contributed by atoms with Gasteiger partial charge in [-0.3, -0.25) is 9.78 Å². The SMILES string of the molecule is CN(C(=O)CCC1CCNC1)C1CCN(CCc2ccccn2)CC1.Cl.Cl. The van der Waals surface area contributed by atoms with Crippen molar-refractivity contribution in [2.75, 3.05) is 39.8 Å². The Labute approximate surface area is 176 Å². The van der Waals surface area contributed by atoms with Gasteiger partial charge in [-0.15, -0.1) is 24.8 Å². The molecule has 1 N–H and O–H groups in total. The number of amides is 1. The molecule has 1 atom stereocenters. The molecule has 1 aromatic heterocycles. The third kappa shape index (κ3) is 7.57. The van der Waals surface area contributed by atoms with Gasteiger partial charge in [0.25, 0.3) is 0 Å². The molecule has 7 heteroatoms. The van der Waals surface area contributed by atoms with Gasteiger partial charge in [0.1, 0.15) is 0 Å². The Kier molecular flexibility index (Phi) is 11.2. The zero-order chi connectivity index (χ0) is 17.5. The maximum atomic E-state index is 12.5. The van der Waals surface area contributed by atoms with Crippen molar-refractivity contribution >= 4 is 30.7 Å². The van der Waals surface area contributed by atoms with Crippen LogP contribution in [-0.4, -0.2) is 66.5 Å². The monoisotopic (exact) mass is 416 g/mol. The highest BCUT2D eigenvalue weighted by Crippen LogP contribution is 2.19. The first-order valence-corrected chi connectivity index (χ1v) is 9.81.